The van der Waals surface area contributed by atoms with Crippen LogP contribution < -0.4 is 0 Å². The Morgan fingerprint density at radius 2 is 1.11 bits per heavy atom. The summed E-state index contributed by atoms with van der Waals surface area (Å²) in [5, 5.41) is 0. The van der Waals surface area contributed by atoms with Crippen molar-refractivity contribution in [2.45, 2.75) is 168 Å². The Labute approximate surface area is 347 Å². The minimum absolute atomic E-state index is 0.00485. The number of allylic oxidation sites excluding steroid dienone is 10. The van der Waals surface area contributed by atoms with Gasteiger partial charge in [0.2, 0.25) is 0 Å². The zero-order chi connectivity index (χ0) is 42.3. The number of quaternary nitrogens is 1. The van der Waals surface area contributed by atoms with Crippen molar-refractivity contribution in [3.8, 4) is 0 Å². The van der Waals surface area contributed by atoms with Gasteiger partial charge >= 0.3 is 19.8 Å². The summed E-state index contributed by atoms with van der Waals surface area (Å²) < 4.78 is 34.2. The molecule has 11 heteroatoms. The first-order chi connectivity index (χ1) is 27.4. The normalized spacial score (nSPS) is 14.1. The molecule has 0 bridgehead atoms. The molecule has 0 saturated heterocycles. The van der Waals surface area contributed by atoms with Crippen molar-refractivity contribution in [3.63, 3.8) is 0 Å². The van der Waals surface area contributed by atoms with Gasteiger partial charge in [0, 0.05) is 19.3 Å². The van der Waals surface area contributed by atoms with Gasteiger partial charge in [-0.05, 0) is 76.7 Å². The Balaban J connectivity index is 4.50. The molecule has 0 saturated carbocycles. The Kier molecular flexibility index (Phi) is 35.9. The largest absolute Gasteiger partial charge is 0.472 e. The number of esters is 2. The number of likely N-dealkylation sites (N-methyl/N-ethyl adjacent to an activating group) is 1. The summed E-state index contributed by atoms with van der Waals surface area (Å²) in [7, 11) is 1.38. The van der Waals surface area contributed by atoms with E-state index in [1.807, 2.05) is 33.3 Å². The maximum absolute atomic E-state index is 12.7. The van der Waals surface area contributed by atoms with Crippen LogP contribution in [0.5, 0.6) is 0 Å². The zero-order valence-corrected chi connectivity index (χ0v) is 37.4. The minimum atomic E-state index is -4.41. The molecule has 10 nitrogen and oxygen atoms in total. The molecule has 0 aromatic carbocycles. The lowest BCUT2D eigenvalue weighted by Crippen LogP contribution is -2.37. The van der Waals surface area contributed by atoms with Crippen LogP contribution in [-0.4, -0.2) is 80.7 Å². The van der Waals surface area contributed by atoms with Gasteiger partial charge in [-0.1, -0.05) is 126 Å². The van der Waals surface area contributed by atoms with Gasteiger partial charge in [0.25, 0.3) is 0 Å². The SMILES string of the molecule is CCCCC/C=C\C=C\C(=O)CCCCCCCC(=O)OC[C@H](COP(=O)(O)OCC[N+](C)(C)C)OC(=O)CCCCCC/C=C\C/C=C\C/C=C\CCCCC. The predicted octanol–water partition coefficient (Wildman–Crippen LogP) is 11.6. The fourth-order valence-electron chi connectivity index (χ4n) is 5.47. The summed E-state index contributed by atoms with van der Waals surface area (Å²) in [4.78, 5) is 47.4. The van der Waals surface area contributed by atoms with Crippen LogP contribution in [0.15, 0.2) is 60.8 Å². The highest BCUT2D eigenvalue weighted by Crippen LogP contribution is 2.43. The summed E-state index contributed by atoms with van der Waals surface area (Å²) in [5.41, 5.74) is 0. The lowest BCUT2D eigenvalue weighted by molar-refractivity contribution is -0.870. The van der Waals surface area contributed by atoms with E-state index in [0.717, 1.165) is 70.6 Å². The van der Waals surface area contributed by atoms with Crippen LogP contribution >= 0.6 is 7.82 Å². The molecule has 0 aliphatic rings. The lowest BCUT2D eigenvalue weighted by Gasteiger charge is -2.24. The first-order valence-corrected chi connectivity index (χ1v) is 23.5. The first-order valence-electron chi connectivity index (χ1n) is 22.0. The van der Waals surface area contributed by atoms with Gasteiger partial charge in [0.05, 0.1) is 27.7 Å². The number of carbonyl (C=O) groups excluding carboxylic acids is 3. The highest BCUT2D eigenvalue weighted by molar-refractivity contribution is 7.47. The lowest BCUT2D eigenvalue weighted by atomic mass is 10.1. The predicted molar refractivity (Wildman–Crippen MR) is 234 cm³/mol. The van der Waals surface area contributed by atoms with Crippen molar-refractivity contribution < 1.29 is 46.8 Å². The number of ketones is 1. The Morgan fingerprint density at radius 3 is 1.70 bits per heavy atom. The van der Waals surface area contributed by atoms with E-state index in [0.29, 0.717) is 30.3 Å². The van der Waals surface area contributed by atoms with E-state index < -0.39 is 32.5 Å². The molecule has 1 unspecified atom stereocenters. The number of carbonyl (C=O) groups is 3. The van der Waals surface area contributed by atoms with E-state index in [1.54, 1.807) is 6.08 Å². The molecule has 0 fully saturated rings. The smallest absolute Gasteiger partial charge is 0.462 e. The maximum Gasteiger partial charge on any atom is 0.472 e. The quantitative estimate of drug-likeness (QED) is 0.0123. The van der Waals surface area contributed by atoms with Crippen LogP contribution in [0.1, 0.15) is 162 Å². The third-order valence-corrected chi connectivity index (χ3v) is 9.98. The Hall–Kier alpha value is -2.62. The topological polar surface area (TPSA) is 125 Å². The molecule has 328 valence electrons. The second-order valence-electron chi connectivity index (χ2n) is 15.8. The summed E-state index contributed by atoms with van der Waals surface area (Å²) in [5.74, 6) is -0.798. The van der Waals surface area contributed by atoms with E-state index in [9.17, 15) is 23.8 Å². The first kappa shape index (κ1) is 54.4. The van der Waals surface area contributed by atoms with Gasteiger partial charge in [-0.3, -0.25) is 23.4 Å². The van der Waals surface area contributed by atoms with E-state index in [2.05, 4.69) is 56.4 Å². The second-order valence-corrected chi connectivity index (χ2v) is 17.2. The molecular formula is C46H81NO9P+. The van der Waals surface area contributed by atoms with Crippen LogP contribution in [0.4, 0.5) is 0 Å². The van der Waals surface area contributed by atoms with E-state index in [4.69, 9.17) is 18.5 Å². The van der Waals surface area contributed by atoms with Crippen molar-refractivity contribution in [2.75, 3.05) is 47.5 Å². The monoisotopic (exact) mass is 823 g/mol. The van der Waals surface area contributed by atoms with Gasteiger partial charge in [-0.15, -0.1) is 0 Å². The zero-order valence-electron chi connectivity index (χ0n) is 36.6. The molecule has 0 aromatic heterocycles. The van der Waals surface area contributed by atoms with E-state index >= 15 is 0 Å². The third kappa shape index (κ3) is 41.3. The highest BCUT2D eigenvalue weighted by Gasteiger charge is 2.27. The number of hydrogen-bond donors (Lipinski definition) is 1. The van der Waals surface area contributed by atoms with Gasteiger partial charge in [-0.25, -0.2) is 4.57 Å². The summed E-state index contributed by atoms with van der Waals surface area (Å²) >= 11 is 0. The van der Waals surface area contributed by atoms with Crippen molar-refractivity contribution >= 4 is 25.5 Å². The van der Waals surface area contributed by atoms with Gasteiger partial charge in [-0.2, -0.15) is 0 Å². The van der Waals surface area contributed by atoms with Crippen LogP contribution in [0.2, 0.25) is 0 Å². The molecular weight excluding hydrogens is 741 g/mol. The maximum atomic E-state index is 12.7. The number of hydrogen-bond acceptors (Lipinski definition) is 8. The number of unbranched alkanes of at least 4 members (excludes halogenated alkanes) is 14. The molecule has 0 rings (SSSR count). The number of nitrogens with zero attached hydrogens (tertiary/aromatic N) is 1. The number of rotatable bonds is 39. The number of phosphoric acid groups is 1. The van der Waals surface area contributed by atoms with Gasteiger partial charge in [0.1, 0.15) is 19.8 Å². The summed E-state index contributed by atoms with van der Waals surface area (Å²) in [6.45, 7) is 4.16. The standard InChI is InChI=1S/C46H80NO9P/c1-6-8-10-12-14-15-16-17-18-19-20-21-22-23-25-29-34-38-46(50)56-44(42-55-57(51,52)54-40-39-47(3,4)5)41-53-45(49)37-33-30-26-28-32-36-43(48)35-31-27-24-13-11-9-7-2/h14-15,17-18,20-21,24,27,31,35,44H,6-13,16,19,22-23,25-26,28-30,32-34,36-42H2,1-5H3/p+1/b15-14-,18-17-,21-20-,27-24-,35-31+/t44-/m1/s1. The molecule has 0 aromatic rings. The molecule has 0 spiro atoms. The molecule has 57 heavy (non-hydrogen) atoms. The van der Waals surface area contributed by atoms with Gasteiger partial charge < -0.3 is 18.9 Å². The van der Waals surface area contributed by atoms with Crippen LogP contribution in [-0.2, 0) is 37.5 Å². The fourth-order valence-corrected chi connectivity index (χ4v) is 6.21. The van der Waals surface area contributed by atoms with Crippen LogP contribution in [0.25, 0.3) is 0 Å². The molecule has 0 radical (unpaired) electrons. The third-order valence-electron chi connectivity index (χ3n) is 9.00. The molecule has 0 amide bonds. The second kappa shape index (κ2) is 37.6. The van der Waals surface area contributed by atoms with Crippen molar-refractivity contribution in [1.82, 2.24) is 0 Å². The van der Waals surface area contributed by atoms with Gasteiger partial charge in [0.15, 0.2) is 11.9 Å². The number of phosphoric ester groups is 1. The summed E-state index contributed by atoms with van der Waals surface area (Å²) in [6, 6.07) is 0. The average molecular weight is 823 g/mol. The molecule has 1 N–H and O–H groups in total. The summed E-state index contributed by atoms with van der Waals surface area (Å²) in [6.07, 6.45) is 40.8. The van der Waals surface area contributed by atoms with Crippen LogP contribution in [0, 0.1) is 0 Å². The van der Waals surface area contributed by atoms with E-state index in [1.165, 1.54) is 44.9 Å². The number of ether oxygens (including phenoxy) is 2. The molecule has 0 aliphatic heterocycles. The Bertz CT molecular complexity index is 1220. The minimum Gasteiger partial charge on any atom is -0.462 e. The highest BCUT2D eigenvalue weighted by atomic mass is 31.2. The molecule has 0 aliphatic carbocycles. The molecule has 2 atom stereocenters. The van der Waals surface area contributed by atoms with E-state index in [-0.39, 0.29) is 31.8 Å². The fraction of sp³-hybridized carbons (Fsp3) is 0.717. The van der Waals surface area contributed by atoms with Crippen molar-refractivity contribution in [1.29, 1.82) is 0 Å². The average Bonchev–Trinajstić information content (AvgIpc) is 3.15. The van der Waals surface area contributed by atoms with Crippen molar-refractivity contribution in [2.24, 2.45) is 0 Å². The molecule has 0 heterocycles. The van der Waals surface area contributed by atoms with Crippen molar-refractivity contribution in [3.05, 3.63) is 60.8 Å². The van der Waals surface area contributed by atoms with Crippen LogP contribution in [0.3, 0.4) is 0 Å². The Morgan fingerprint density at radius 1 is 0.596 bits per heavy atom.